The number of sulfone groups is 1. The standard InChI is InChI=1S/C10H16N2O3S/c1-2-16(14,15)7-3-4-10(13)9-5-6-11-12-8-9/h5-6,8,10,13H,2-4,7H2,1H3. The molecule has 90 valence electrons. The van der Waals surface area contributed by atoms with Gasteiger partial charge < -0.3 is 5.11 Å². The van der Waals surface area contributed by atoms with Gasteiger partial charge in [-0.05, 0) is 18.9 Å². The van der Waals surface area contributed by atoms with Crippen LogP contribution < -0.4 is 0 Å². The van der Waals surface area contributed by atoms with Gasteiger partial charge in [-0.25, -0.2) is 8.42 Å². The zero-order valence-corrected chi connectivity index (χ0v) is 10.0. The number of aromatic nitrogens is 2. The summed E-state index contributed by atoms with van der Waals surface area (Å²) in [6.07, 6.45) is 3.20. The maximum atomic E-state index is 11.2. The van der Waals surface area contributed by atoms with Gasteiger partial charge in [0.1, 0.15) is 9.84 Å². The molecule has 1 aromatic rings. The molecule has 6 heteroatoms. The Labute approximate surface area is 95.4 Å². The first-order valence-corrected chi connectivity index (χ1v) is 7.02. The fourth-order valence-electron chi connectivity index (χ4n) is 1.31. The van der Waals surface area contributed by atoms with E-state index in [4.69, 9.17) is 0 Å². The summed E-state index contributed by atoms with van der Waals surface area (Å²) in [5.41, 5.74) is 0.670. The van der Waals surface area contributed by atoms with E-state index in [1.54, 1.807) is 13.0 Å². The number of rotatable bonds is 6. The predicted octanol–water partition coefficient (Wildman–Crippen LogP) is 0.725. The van der Waals surface area contributed by atoms with E-state index in [1.165, 1.54) is 12.4 Å². The fraction of sp³-hybridized carbons (Fsp3) is 0.600. The molecule has 0 aliphatic carbocycles. The van der Waals surface area contributed by atoms with Crippen LogP contribution in [0.1, 0.15) is 31.4 Å². The topological polar surface area (TPSA) is 80.2 Å². The second kappa shape index (κ2) is 5.91. The third kappa shape index (κ3) is 4.24. The zero-order chi connectivity index (χ0) is 12.0. The lowest BCUT2D eigenvalue weighted by Crippen LogP contribution is -2.10. The van der Waals surface area contributed by atoms with Gasteiger partial charge in [0.15, 0.2) is 0 Å². The van der Waals surface area contributed by atoms with Crippen molar-refractivity contribution >= 4 is 9.84 Å². The summed E-state index contributed by atoms with van der Waals surface area (Å²) in [4.78, 5) is 0. The van der Waals surface area contributed by atoms with Gasteiger partial charge in [-0.15, -0.1) is 0 Å². The van der Waals surface area contributed by atoms with E-state index >= 15 is 0 Å². The van der Waals surface area contributed by atoms with E-state index in [9.17, 15) is 13.5 Å². The summed E-state index contributed by atoms with van der Waals surface area (Å²) < 4.78 is 22.4. The number of aliphatic hydroxyl groups is 1. The molecule has 0 amide bonds. The molecule has 1 atom stereocenters. The summed E-state index contributed by atoms with van der Waals surface area (Å²) in [6, 6.07) is 1.67. The monoisotopic (exact) mass is 244 g/mol. The van der Waals surface area contributed by atoms with Gasteiger partial charge in [-0.3, -0.25) is 0 Å². The molecule has 0 aliphatic heterocycles. The Kier molecular flexibility index (Phi) is 4.82. The summed E-state index contributed by atoms with van der Waals surface area (Å²) in [5.74, 6) is 0.277. The molecular weight excluding hydrogens is 228 g/mol. The molecule has 0 aliphatic rings. The molecule has 0 bridgehead atoms. The molecular formula is C10H16N2O3S. The molecule has 5 nitrogen and oxygen atoms in total. The third-order valence-electron chi connectivity index (χ3n) is 2.36. The van der Waals surface area contributed by atoms with Gasteiger partial charge in [0.2, 0.25) is 0 Å². The fourth-order valence-corrected chi connectivity index (χ4v) is 2.20. The van der Waals surface area contributed by atoms with E-state index in [-0.39, 0.29) is 11.5 Å². The van der Waals surface area contributed by atoms with Crippen molar-refractivity contribution in [1.29, 1.82) is 0 Å². The number of nitrogens with zero attached hydrogens (tertiary/aromatic N) is 2. The minimum absolute atomic E-state index is 0.124. The normalized spacial score (nSPS) is 13.6. The van der Waals surface area contributed by atoms with Crippen molar-refractivity contribution in [2.45, 2.75) is 25.9 Å². The van der Waals surface area contributed by atoms with Gasteiger partial charge in [-0.2, -0.15) is 10.2 Å². The second-order valence-electron chi connectivity index (χ2n) is 3.57. The molecule has 1 N–H and O–H groups in total. The van der Waals surface area contributed by atoms with Crippen LogP contribution >= 0.6 is 0 Å². The van der Waals surface area contributed by atoms with E-state index < -0.39 is 15.9 Å². The second-order valence-corrected chi connectivity index (χ2v) is 6.04. The molecule has 16 heavy (non-hydrogen) atoms. The van der Waals surface area contributed by atoms with Gasteiger partial charge in [0, 0.05) is 17.5 Å². The number of hydrogen-bond acceptors (Lipinski definition) is 5. The molecule has 0 saturated carbocycles. The zero-order valence-electron chi connectivity index (χ0n) is 9.20. The molecule has 1 rings (SSSR count). The highest BCUT2D eigenvalue weighted by molar-refractivity contribution is 7.91. The lowest BCUT2D eigenvalue weighted by Gasteiger charge is -2.09. The first kappa shape index (κ1) is 13.1. The van der Waals surface area contributed by atoms with Gasteiger partial charge in [0.25, 0.3) is 0 Å². The van der Waals surface area contributed by atoms with Crippen LogP contribution in [0.15, 0.2) is 18.5 Å². The van der Waals surface area contributed by atoms with Crippen LogP contribution in [0.25, 0.3) is 0 Å². The van der Waals surface area contributed by atoms with Crippen LogP contribution in [0.2, 0.25) is 0 Å². The number of aliphatic hydroxyl groups excluding tert-OH is 1. The Balaban J connectivity index is 2.40. The first-order valence-electron chi connectivity index (χ1n) is 5.20. The Hall–Kier alpha value is -1.01. The molecule has 0 radical (unpaired) electrons. The van der Waals surface area contributed by atoms with Crippen molar-refractivity contribution in [2.24, 2.45) is 0 Å². The highest BCUT2D eigenvalue weighted by Gasteiger charge is 2.11. The summed E-state index contributed by atoms with van der Waals surface area (Å²) in [5, 5.41) is 17.0. The largest absolute Gasteiger partial charge is 0.388 e. The molecule has 1 aromatic heterocycles. The van der Waals surface area contributed by atoms with Crippen molar-refractivity contribution in [3.8, 4) is 0 Å². The van der Waals surface area contributed by atoms with Crippen molar-refractivity contribution in [3.05, 3.63) is 24.0 Å². The minimum Gasteiger partial charge on any atom is -0.388 e. The number of hydrogen-bond donors (Lipinski definition) is 1. The molecule has 1 heterocycles. The third-order valence-corrected chi connectivity index (χ3v) is 4.15. The Bertz CT molecular complexity index is 405. The molecule has 0 fully saturated rings. The summed E-state index contributed by atoms with van der Waals surface area (Å²) in [7, 11) is -2.94. The van der Waals surface area contributed by atoms with E-state index in [0.717, 1.165) is 0 Å². The van der Waals surface area contributed by atoms with Crippen molar-refractivity contribution < 1.29 is 13.5 Å². The van der Waals surface area contributed by atoms with E-state index in [0.29, 0.717) is 18.4 Å². The average Bonchev–Trinajstić information content (AvgIpc) is 2.30. The first-order chi connectivity index (χ1) is 7.55. The maximum Gasteiger partial charge on any atom is 0.150 e. The smallest absolute Gasteiger partial charge is 0.150 e. The quantitative estimate of drug-likeness (QED) is 0.797. The summed E-state index contributed by atoms with van der Waals surface area (Å²) in [6.45, 7) is 1.62. The van der Waals surface area contributed by atoms with Gasteiger partial charge in [-0.1, -0.05) is 6.92 Å². The molecule has 0 saturated heterocycles. The van der Waals surface area contributed by atoms with Crippen LogP contribution in [0, 0.1) is 0 Å². The Morgan fingerprint density at radius 1 is 1.44 bits per heavy atom. The van der Waals surface area contributed by atoms with Crippen LogP contribution in [-0.2, 0) is 9.84 Å². The molecule has 0 spiro atoms. The van der Waals surface area contributed by atoms with Crippen LogP contribution in [0.3, 0.4) is 0 Å². The lowest BCUT2D eigenvalue weighted by molar-refractivity contribution is 0.166. The SMILES string of the molecule is CCS(=O)(=O)CCCC(O)c1ccnnc1. The van der Waals surface area contributed by atoms with Gasteiger partial charge >= 0.3 is 0 Å². The van der Waals surface area contributed by atoms with Crippen LogP contribution in [0.4, 0.5) is 0 Å². The molecule has 1 unspecified atom stereocenters. The highest BCUT2D eigenvalue weighted by atomic mass is 32.2. The van der Waals surface area contributed by atoms with Crippen LogP contribution in [0.5, 0.6) is 0 Å². The minimum atomic E-state index is -2.94. The van der Waals surface area contributed by atoms with Crippen molar-refractivity contribution in [2.75, 3.05) is 11.5 Å². The summed E-state index contributed by atoms with van der Waals surface area (Å²) >= 11 is 0. The Morgan fingerprint density at radius 3 is 2.75 bits per heavy atom. The van der Waals surface area contributed by atoms with Crippen LogP contribution in [-0.4, -0.2) is 35.2 Å². The maximum absolute atomic E-state index is 11.2. The van der Waals surface area contributed by atoms with E-state index in [1.807, 2.05) is 0 Å². The lowest BCUT2D eigenvalue weighted by atomic mass is 10.1. The average molecular weight is 244 g/mol. The predicted molar refractivity (Wildman–Crippen MR) is 60.6 cm³/mol. The highest BCUT2D eigenvalue weighted by Crippen LogP contribution is 2.16. The van der Waals surface area contributed by atoms with Crippen molar-refractivity contribution in [3.63, 3.8) is 0 Å². The van der Waals surface area contributed by atoms with E-state index in [2.05, 4.69) is 10.2 Å². The molecule has 0 aromatic carbocycles. The van der Waals surface area contributed by atoms with Crippen molar-refractivity contribution in [1.82, 2.24) is 10.2 Å². The van der Waals surface area contributed by atoms with Gasteiger partial charge in [0.05, 0.1) is 18.1 Å². The Morgan fingerprint density at radius 2 is 2.19 bits per heavy atom.